The number of amides is 2. The molecule has 0 unspecified atom stereocenters. The Kier molecular flexibility index (Phi) is 4.04. The molecule has 2 aromatic rings. The van der Waals surface area contributed by atoms with E-state index >= 15 is 0 Å². The molecule has 3 rings (SSSR count). The van der Waals surface area contributed by atoms with E-state index in [4.69, 9.17) is 23.2 Å². The maximum Gasteiger partial charge on any atom is 0.256 e. The molecule has 0 saturated heterocycles. The third-order valence-electron chi connectivity index (χ3n) is 3.22. The minimum absolute atomic E-state index is 0.112. The van der Waals surface area contributed by atoms with Crippen LogP contribution in [0.1, 0.15) is 18.1 Å². The monoisotopic (exact) mass is 352 g/mol. The van der Waals surface area contributed by atoms with E-state index in [9.17, 15) is 9.59 Å². The van der Waals surface area contributed by atoms with Crippen LogP contribution in [0.2, 0.25) is 9.36 Å². The molecule has 0 aliphatic carbocycles. The van der Waals surface area contributed by atoms with Crippen LogP contribution < -0.4 is 4.90 Å². The summed E-state index contributed by atoms with van der Waals surface area (Å²) < 4.78 is 0.330. The summed E-state index contributed by atoms with van der Waals surface area (Å²) in [6.07, 6.45) is 0. The number of thiophene rings is 1. The van der Waals surface area contributed by atoms with Crippen molar-refractivity contribution in [3.63, 3.8) is 0 Å². The summed E-state index contributed by atoms with van der Waals surface area (Å²) in [5.74, 6) is -0.778. The van der Waals surface area contributed by atoms with Crippen LogP contribution in [-0.2, 0) is 9.59 Å². The number of aliphatic imine (C=N–C) groups is 1. The van der Waals surface area contributed by atoms with E-state index in [0.29, 0.717) is 25.6 Å². The first kappa shape index (κ1) is 15.2. The van der Waals surface area contributed by atoms with Gasteiger partial charge in [-0.25, -0.2) is 4.90 Å². The molecule has 0 bridgehead atoms. The van der Waals surface area contributed by atoms with Crippen molar-refractivity contribution in [2.75, 3.05) is 11.4 Å². The van der Waals surface area contributed by atoms with Crippen molar-refractivity contribution < 1.29 is 9.59 Å². The smallest absolute Gasteiger partial charge is 0.256 e. The van der Waals surface area contributed by atoms with Crippen molar-refractivity contribution >= 4 is 57.1 Å². The molecular weight excluding hydrogens is 343 g/mol. The van der Waals surface area contributed by atoms with Gasteiger partial charge in [0.1, 0.15) is 15.9 Å². The molecular formula is C15H10Cl2N2O2S. The molecule has 0 saturated carbocycles. The van der Waals surface area contributed by atoms with E-state index in [1.807, 2.05) is 30.3 Å². The summed E-state index contributed by atoms with van der Waals surface area (Å²) in [7, 11) is 0. The van der Waals surface area contributed by atoms with Gasteiger partial charge in [-0.1, -0.05) is 53.5 Å². The summed E-state index contributed by atoms with van der Waals surface area (Å²) >= 11 is 13.5. The zero-order valence-electron chi connectivity index (χ0n) is 11.5. The Morgan fingerprint density at radius 3 is 2.59 bits per heavy atom. The van der Waals surface area contributed by atoms with Gasteiger partial charge in [-0.15, -0.1) is 11.3 Å². The number of hydrogen-bond donors (Lipinski definition) is 0. The zero-order valence-corrected chi connectivity index (χ0v) is 13.8. The number of anilines is 1. The van der Waals surface area contributed by atoms with Crippen LogP contribution in [0.3, 0.4) is 0 Å². The number of fused-ring (bicyclic) bond motifs is 1. The van der Waals surface area contributed by atoms with Crippen LogP contribution >= 0.6 is 34.5 Å². The van der Waals surface area contributed by atoms with Crippen molar-refractivity contribution in [2.24, 2.45) is 4.99 Å². The fourth-order valence-corrected chi connectivity index (χ4v) is 3.94. The minimum atomic E-state index is -0.394. The molecule has 22 heavy (non-hydrogen) atoms. The van der Waals surface area contributed by atoms with Gasteiger partial charge < -0.3 is 0 Å². The molecule has 1 aromatic carbocycles. The van der Waals surface area contributed by atoms with Crippen LogP contribution in [0.15, 0.2) is 35.3 Å². The van der Waals surface area contributed by atoms with E-state index in [-0.39, 0.29) is 12.5 Å². The van der Waals surface area contributed by atoms with E-state index in [1.165, 1.54) is 6.92 Å². The molecule has 0 fully saturated rings. The first-order valence-electron chi connectivity index (χ1n) is 6.42. The lowest BCUT2D eigenvalue weighted by Gasteiger charge is -2.15. The van der Waals surface area contributed by atoms with Gasteiger partial charge in [0.05, 0.1) is 16.3 Å². The second kappa shape index (κ2) is 5.83. The van der Waals surface area contributed by atoms with Crippen LogP contribution in [-0.4, -0.2) is 24.1 Å². The molecule has 7 heteroatoms. The highest BCUT2D eigenvalue weighted by Gasteiger charge is 2.32. The normalized spacial score (nSPS) is 14.4. The molecule has 4 nitrogen and oxygen atoms in total. The number of halogens is 2. The molecule has 112 valence electrons. The van der Waals surface area contributed by atoms with Gasteiger partial charge in [-0.2, -0.15) is 0 Å². The first-order chi connectivity index (χ1) is 10.5. The number of rotatable bonds is 1. The highest BCUT2D eigenvalue weighted by Crippen LogP contribution is 2.44. The van der Waals surface area contributed by atoms with Gasteiger partial charge in [-0.3, -0.25) is 14.6 Å². The maximum atomic E-state index is 12.2. The van der Waals surface area contributed by atoms with Crippen molar-refractivity contribution in [3.8, 4) is 0 Å². The third-order valence-corrected chi connectivity index (χ3v) is 5.19. The van der Waals surface area contributed by atoms with Gasteiger partial charge in [0.25, 0.3) is 5.91 Å². The van der Waals surface area contributed by atoms with Crippen molar-refractivity contribution in [1.29, 1.82) is 0 Å². The van der Waals surface area contributed by atoms with Gasteiger partial charge in [-0.05, 0) is 0 Å². The van der Waals surface area contributed by atoms with Gasteiger partial charge in [0.15, 0.2) is 0 Å². The number of benzene rings is 1. The van der Waals surface area contributed by atoms with Crippen molar-refractivity contribution in [1.82, 2.24) is 0 Å². The Labute approximate surface area is 141 Å². The lowest BCUT2D eigenvalue weighted by molar-refractivity contribution is -0.124. The van der Waals surface area contributed by atoms with E-state index in [2.05, 4.69) is 4.99 Å². The lowest BCUT2D eigenvalue weighted by atomic mass is 10.0. The Morgan fingerprint density at radius 2 is 1.95 bits per heavy atom. The molecule has 0 spiro atoms. The Bertz CT molecular complexity index is 799. The van der Waals surface area contributed by atoms with Gasteiger partial charge >= 0.3 is 0 Å². The molecule has 1 aliphatic rings. The number of hydrogen-bond acceptors (Lipinski definition) is 4. The number of carbonyl (C=O) groups excluding carboxylic acids is 2. The Hall–Kier alpha value is -1.69. The zero-order chi connectivity index (χ0) is 15.9. The Morgan fingerprint density at radius 1 is 1.27 bits per heavy atom. The molecule has 2 amide bonds. The topological polar surface area (TPSA) is 49.7 Å². The third kappa shape index (κ3) is 2.45. The quantitative estimate of drug-likeness (QED) is 0.783. The predicted octanol–water partition coefficient (Wildman–Crippen LogP) is 3.79. The van der Waals surface area contributed by atoms with E-state index < -0.39 is 5.91 Å². The SMILES string of the molecule is CC(=O)N1C(=O)CN=C(c2ccccc2)c2c1sc(Cl)c2Cl. The predicted molar refractivity (Wildman–Crippen MR) is 89.5 cm³/mol. The van der Waals surface area contributed by atoms with Crippen LogP contribution in [0.4, 0.5) is 5.00 Å². The van der Waals surface area contributed by atoms with E-state index in [1.54, 1.807) is 0 Å². The molecule has 1 aliphatic heterocycles. The van der Waals surface area contributed by atoms with Crippen molar-refractivity contribution in [2.45, 2.75) is 6.92 Å². The van der Waals surface area contributed by atoms with Crippen LogP contribution in [0, 0.1) is 0 Å². The van der Waals surface area contributed by atoms with Crippen LogP contribution in [0.25, 0.3) is 0 Å². The Balaban J connectivity index is 2.28. The summed E-state index contributed by atoms with van der Waals surface area (Å²) in [5.41, 5.74) is 1.92. The first-order valence-corrected chi connectivity index (χ1v) is 7.99. The average molecular weight is 353 g/mol. The molecule has 0 N–H and O–H groups in total. The van der Waals surface area contributed by atoms with Crippen LogP contribution in [0.5, 0.6) is 0 Å². The number of carbonyl (C=O) groups is 2. The highest BCUT2D eigenvalue weighted by atomic mass is 35.5. The molecule has 0 radical (unpaired) electrons. The standard InChI is InChI=1S/C15H10Cl2N2O2S/c1-8(20)19-10(21)7-18-13(9-5-3-2-4-6-9)11-12(16)14(17)22-15(11)19/h2-6H,7H2,1H3. The fourth-order valence-electron chi connectivity index (χ4n) is 2.30. The molecule has 1 aromatic heterocycles. The summed E-state index contributed by atoms with van der Waals surface area (Å²) in [5, 5.41) is 0.734. The largest absolute Gasteiger partial charge is 0.274 e. The summed E-state index contributed by atoms with van der Waals surface area (Å²) in [4.78, 5) is 29.6. The second-order valence-electron chi connectivity index (χ2n) is 4.65. The number of imide groups is 1. The van der Waals surface area contributed by atoms with E-state index in [0.717, 1.165) is 21.8 Å². The second-order valence-corrected chi connectivity index (χ2v) is 6.63. The fraction of sp³-hybridized carbons (Fsp3) is 0.133. The number of nitrogens with zero attached hydrogens (tertiary/aromatic N) is 2. The average Bonchev–Trinajstić information content (AvgIpc) is 2.69. The van der Waals surface area contributed by atoms with Gasteiger partial charge in [0.2, 0.25) is 5.91 Å². The minimum Gasteiger partial charge on any atom is -0.274 e. The summed E-state index contributed by atoms with van der Waals surface area (Å²) in [6, 6.07) is 9.37. The maximum absolute atomic E-state index is 12.2. The molecule has 0 atom stereocenters. The summed E-state index contributed by atoms with van der Waals surface area (Å²) in [6.45, 7) is 1.22. The highest BCUT2D eigenvalue weighted by molar-refractivity contribution is 7.21. The van der Waals surface area contributed by atoms with Crippen molar-refractivity contribution in [3.05, 3.63) is 50.8 Å². The lowest BCUT2D eigenvalue weighted by Crippen LogP contribution is -2.35. The van der Waals surface area contributed by atoms with Gasteiger partial charge in [0, 0.05) is 12.5 Å². The molecule has 2 heterocycles.